The number of piperidine rings is 1. The molecule has 2 fully saturated rings. The van der Waals surface area contributed by atoms with Gasteiger partial charge in [0.25, 0.3) is 0 Å². The third kappa shape index (κ3) is 3.55. The van der Waals surface area contributed by atoms with Gasteiger partial charge in [-0.2, -0.15) is 16.7 Å². The van der Waals surface area contributed by atoms with Gasteiger partial charge in [-0.15, -0.1) is 0 Å². The van der Waals surface area contributed by atoms with Gasteiger partial charge in [-0.3, -0.25) is 0 Å². The molecule has 0 radical (unpaired) electrons. The lowest BCUT2D eigenvalue weighted by atomic mass is 9.93. The first kappa shape index (κ1) is 14.4. The summed E-state index contributed by atoms with van der Waals surface area (Å²) in [7, 11) is 0. The monoisotopic (exact) mass is 295 g/mol. The fourth-order valence-corrected chi connectivity index (χ4v) is 4.43. The van der Waals surface area contributed by atoms with Gasteiger partial charge in [0.1, 0.15) is 0 Å². The van der Waals surface area contributed by atoms with Crippen LogP contribution < -0.4 is 5.32 Å². The standard InChI is InChI=1S/C15H25N3OS/c1-11-6-5-9-16-14(11)15-17-13(18-19-15)10-20-12-7-3-2-4-8-12/h11-12,14,16H,2-10H2,1H3. The molecule has 5 heteroatoms. The largest absolute Gasteiger partial charge is 0.338 e. The Morgan fingerprint density at radius 2 is 2.05 bits per heavy atom. The highest BCUT2D eigenvalue weighted by atomic mass is 32.2. The molecule has 1 N–H and O–H groups in total. The van der Waals surface area contributed by atoms with Crippen LogP contribution in [0.25, 0.3) is 0 Å². The zero-order valence-corrected chi connectivity index (χ0v) is 13.1. The maximum Gasteiger partial charge on any atom is 0.244 e. The highest BCUT2D eigenvalue weighted by Gasteiger charge is 2.27. The lowest BCUT2D eigenvalue weighted by Crippen LogP contribution is -2.33. The normalized spacial score (nSPS) is 28.6. The second-order valence-electron chi connectivity index (χ2n) is 6.17. The second kappa shape index (κ2) is 6.94. The quantitative estimate of drug-likeness (QED) is 0.918. The van der Waals surface area contributed by atoms with Gasteiger partial charge in [-0.1, -0.05) is 31.3 Å². The third-order valence-corrected chi connectivity index (χ3v) is 5.89. The average molecular weight is 295 g/mol. The van der Waals surface area contributed by atoms with Gasteiger partial charge in [0.15, 0.2) is 5.82 Å². The number of thioether (sulfide) groups is 1. The van der Waals surface area contributed by atoms with E-state index in [0.717, 1.165) is 29.3 Å². The minimum atomic E-state index is 0.254. The Morgan fingerprint density at radius 3 is 2.85 bits per heavy atom. The number of hydrogen-bond acceptors (Lipinski definition) is 5. The van der Waals surface area contributed by atoms with Crippen molar-refractivity contribution in [3.8, 4) is 0 Å². The summed E-state index contributed by atoms with van der Waals surface area (Å²) in [4.78, 5) is 4.61. The molecular weight excluding hydrogens is 270 g/mol. The smallest absolute Gasteiger partial charge is 0.244 e. The molecule has 0 amide bonds. The molecule has 1 saturated carbocycles. The number of rotatable bonds is 4. The van der Waals surface area contributed by atoms with Gasteiger partial charge in [0.2, 0.25) is 5.89 Å². The van der Waals surface area contributed by atoms with Crippen LogP contribution >= 0.6 is 11.8 Å². The van der Waals surface area contributed by atoms with Gasteiger partial charge in [-0.25, -0.2) is 0 Å². The van der Waals surface area contributed by atoms with Crippen molar-refractivity contribution in [1.82, 2.24) is 15.5 Å². The molecule has 0 aromatic carbocycles. The molecule has 0 bridgehead atoms. The van der Waals surface area contributed by atoms with E-state index in [1.54, 1.807) is 0 Å². The van der Waals surface area contributed by atoms with Crippen molar-refractivity contribution in [2.45, 2.75) is 68.9 Å². The zero-order valence-electron chi connectivity index (χ0n) is 12.3. The van der Waals surface area contributed by atoms with E-state index in [4.69, 9.17) is 4.52 Å². The summed E-state index contributed by atoms with van der Waals surface area (Å²) in [5.74, 6) is 3.14. The number of nitrogens with zero attached hydrogens (tertiary/aromatic N) is 2. The number of hydrogen-bond donors (Lipinski definition) is 1. The molecule has 20 heavy (non-hydrogen) atoms. The minimum absolute atomic E-state index is 0.254. The van der Waals surface area contributed by atoms with Gasteiger partial charge in [0, 0.05) is 5.25 Å². The SMILES string of the molecule is CC1CCCNC1c1nc(CSC2CCCCC2)no1. The first-order valence-corrected chi connectivity index (χ1v) is 9.05. The molecule has 1 aliphatic heterocycles. The summed E-state index contributed by atoms with van der Waals surface area (Å²) < 4.78 is 5.48. The topological polar surface area (TPSA) is 51.0 Å². The molecule has 3 rings (SSSR count). The van der Waals surface area contributed by atoms with Gasteiger partial charge < -0.3 is 9.84 Å². The molecular formula is C15H25N3OS. The molecule has 112 valence electrons. The summed E-state index contributed by atoms with van der Waals surface area (Å²) in [5.41, 5.74) is 0. The maximum atomic E-state index is 5.48. The van der Waals surface area contributed by atoms with Crippen LogP contribution in [0.3, 0.4) is 0 Å². The highest BCUT2D eigenvalue weighted by Crippen LogP contribution is 2.31. The third-order valence-electron chi connectivity index (χ3n) is 4.52. The van der Waals surface area contributed by atoms with Crippen molar-refractivity contribution in [2.75, 3.05) is 6.54 Å². The Hall–Kier alpha value is -0.550. The van der Waals surface area contributed by atoms with Crippen LogP contribution in [-0.4, -0.2) is 21.9 Å². The Morgan fingerprint density at radius 1 is 1.20 bits per heavy atom. The summed E-state index contributed by atoms with van der Waals surface area (Å²) in [6.07, 6.45) is 9.39. The lowest BCUT2D eigenvalue weighted by Gasteiger charge is -2.26. The fourth-order valence-electron chi connectivity index (χ4n) is 3.26. The van der Waals surface area contributed by atoms with E-state index in [1.165, 1.54) is 44.9 Å². The molecule has 1 aromatic rings. The predicted octanol–water partition coefficient (Wildman–Crippen LogP) is 3.70. The average Bonchev–Trinajstić information content (AvgIpc) is 2.95. The highest BCUT2D eigenvalue weighted by molar-refractivity contribution is 7.99. The van der Waals surface area contributed by atoms with E-state index in [9.17, 15) is 0 Å². The van der Waals surface area contributed by atoms with Crippen LogP contribution in [0.1, 0.15) is 69.6 Å². The molecule has 1 aromatic heterocycles. The van der Waals surface area contributed by atoms with E-state index in [0.29, 0.717) is 5.92 Å². The summed E-state index contributed by atoms with van der Waals surface area (Å²) >= 11 is 2.01. The van der Waals surface area contributed by atoms with Crippen molar-refractivity contribution in [1.29, 1.82) is 0 Å². The lowest BCUT2D eigenvalue weighted by molar-refractivity contribution is 0.239. The molecule has 2 unspecified atom stereocenters. The van der Waals surface area contributed by atoms with E-state index < -0.39 is 0 Å². The Bertz CT molecular complexity index is 417. The minimum Gasteiger partial charge on any atom is -0.338 e. The van der Waals surface area contributed by atoms with Crippen LogP contribution in [0.2, 0.25) is 0 Å². The van der Waals surface area contributed by atoms with Crippen molar-refractivity contribution in [2.24, 2.45) is 5.92 Å². The Labute approximate surface area is 125 Å². The Balaban J connectivity index is 1.53. The van der Waals surface area contributed by atoms with Crippen molar-refractivity contribution in [3.63, 3.8) is 0 Å². The van der Waals surface area contributed by atoms with Crippen LogP contribution in [0.5, 0.6) is 0 Å². The van der Waals surface area contributed by atoms with Gasteiger partial charge in [-0.05, 0) is 38.1 Å². The van der Waals surface area contributed by atoms with E-state index >= 15 is 0 Å². The van der Waals surface area contributed by atoms with Crippen LogP contribution in [0.4, 0.5) is 0 Å². The maximum absolute atomic E-state index is 5.48. The molecule has 2 aliphatic rings. The molecule has 0 spiro atoms. The molecule has 1 saturated heterocycles. The van der Waals surface area contributed by atoms with Gasteiger partial charge in [0.05, 0.1) is 11.8 Å². The summed E-state index contributed by atoms with van der Waals surface area (Å²) in [6.45, 7) is 3.32. The summed E-state index contributed by atoms with van der Waals surface area (Å²) in [5, 5.41) is 8.47. The molecule has 1 aliphatic carbocycles. The summed E-state index contributed by atoms with van der Waals surface area (Å²) in [6, 6.07) is 0.254. The number of nitrogens with one attached hydrogen (secondary N) is 1. The molecule has 4 nitrogen and oxygen atoms in total. The Kier molecular flexibility index (Phi) is 4.99. The molecule has 2 heterocycles. The second-order valence-corrected chi connectivity index (χ2v) is 7.46. The van der Waals surface area contributed by atoms with E-state index in [1.807, 2.05) is 11.8 Å². The van der Waals surface area contributed by atoms with Crippen LogP contribution in [0, 0.1) is 5.92 Å². The predicted molar refractivity (Wildman–Crippen MR) is 81.6 cm³/mol. The first-order chi connectivity index (χ1) is 9.83. The first-order valence-electron chi connectivity index (χ1n) is 8.00. The number of aromatic nitrogens is 2. The van der Waals surface area contributed by atoms with Crippen molar-refractivity contribution >= 4 is 11.8 Å². The molecule has 2 atom stereocenters. The van der Waals surface area contributed by atoms with E-state index in [-0.39, 0.29) is 6.04 Å². The zero-order chi connectivity index (χ0) is 13.8. The van der Waals surface area contributed by atoms with Crippen molar-refractivity contribution in [3.05, 3.63) is 11.7 Å². The fraction of sp³-hybridized carbons (Fsp3) is 0.867. The van der Waals surface area contributed by atoms with Crippen LogP contribution in [-0.2, 0) is 5.75 Å². The van der Waals surface area contributed by atoms with E-state index in [2.05, 4.69) is 22.4 Å². The van der Waals surface area contributed by atoms with Gasteiger partial charge >= 0.3 is 0 Å². The van der Waals surface area contributed by atoms with Crippen LogP contribution in [0.15, 0.2) is 4.52 Å². The van der Waals surface area contributed by atoms with Crippen molar-refractivity contribution < 1.29 is 4.52 Å².